The van der Waals surface area contributed by atoms with Crippen molar-refractivity contribution >= 4 is 20.6 Å². The predicted molar refractivity (Wildman–Crippen MR) is 93.3 cm³/mol. The van der Waals surface area contributed by atoms with Crippen molar-refractivity contribution in [2.45, 2.75) is 82.5 Å². The van der Waals surface area contributed by atoms with Gasteiger partial charge in [0.2, 0.25) is 0 Å². The van der Waals surface area contributed by atoms with Crippen molar-refractivity contribution in [2.24, 2.45) is 0 Å². The Morgan fingerprint density at radius 2 is 1.41 bits per heavy atom. The Labute approximate surface area is 138 Å². The highest BCUT2D eigenvalue weighted by Gasteiger charge is 2.39. The van der Waals surface area contributed by atoms with E-state index in [1.165, 1.54) is 44.9 Å². The molecule has 0 saturated carbocycles. The summed E-state index contributed by atoms with van der Waals surface area (Å²) in [4.78, 5) is 0. The lowest BCUT2D eigenvalue weighted by molar-refractivity contribution is 0.206. The number of aliphatic hydroxyl groups excluding tert-OH is 1. The molecule has 0 radical (unpaired) electrons. The SMILES string of the molecule is CCCCCCCCCCCC[S@@](=O)[C@H]1CS(=O)(=O)C[C@@H]1O. The summed E-state index contributed by atoms with van der Waals surface area (Å²) in [5.74, 6) is 0.188. The molecule has 0 unspecified atom stereocenters. The van der Waals surface area contributed by atoms with E-state index in [2.05, 4.69) is 6.92 Å². The van der Waals surface area contributed by atoms with Gasteiger partial charge in [0.05, 0.1) is 22.9 Å². The molecule has 0 bridgehead atoms. The molecule has 1 rings (SSSR count). The highest BCUT2D eigenvalue weighted by atomic mass is 32.2. The second-order valence-corrected chi connectivity index (χ2v) is 10.4. The van der Waals surface area contributed by atoms with Crippen LogP contribution in [0.3, 0.4) is 0 Å². The molecule has 6 heteroatoms. The molecule has 0 aromatic carbocycles. The minimum atomic E-state index is -3.19. The molecule has 1 N–H and O–H groups in total. The molecule has 0 spiro atoms. The van der Waals surface area contributed by atoms with Crippen LogP contribution in [0.1, 0.15) is 71.1 Å². The maximum Gasteiger partial charge on any atom is 0.154 e. The first-order chi connectivity index (χ1) is 10.5. The zero-order valence-corrected chi connectivity index (χ0v) is 15.5. The molecule has 1 fully saturated rings. The Bertz CT molecular complexity index is 420. The van der Waals surface area contributed by atoms with Gasteiger partial charge in [-0.1, -0.05) is 64.7 Å². The Morgan fingerprint density at radius 1 is 0.909 bits per heavy atom. The number of aliphatic hydroxyl groups is 1. The van der Waals surface area contributed by atoms with E-state index in [0.717, 1.165) is 19.3 Å². The molecule has 4 nitrogen and oxygen atoms in total. The number of hydrogen-bond donors (Lipinski definition) is 1. The van der Waals surface area contributed by atoms with E-state index in [1.54, 1.807) is 0 Å². The van der Waals surface area contributed by atoms with Gasteiger partial charge in [-0.2, -0.15) is 0 Å². The molecule has 0 aliphatic carbocycles. The zero-order chi connectivity index (χ0) is 16.4. The van der Waals surface area contributed by atoms with E-state index >= 15 is 0 Å². The first-order valence-electron chi connectivity index (χ1n) is 8.72. The molecular weight excluding hydrogens is 320 g/mol. The third-order valence-electron chi connectivity index (χ3n) is 4.31. The van der Waals surface area contributed by atoms with Crippen LogP contribution in [0.15, 0.2) is 0 Å². The molecule has 1 aliphatic heterocycles. The van der Waals surface area contributed by atoms with Crippen molar-refractivity contribution < 1.29 is 17.7 Å². The van der Waals surface area contributed by atoms with E-state index in [1.807, 2.05) is 0 Å². The van der Waals surface area contributed by atoms with Gasteiger partial charge in [0.25, 0.3) is 0 Å². The lowest BCUT2D eigenvalue weighted by Crippen LogP contribution is -2.30. The second-order valence-electron chi connectivity index (χ2n) is 6.45. The molecule has 22 heavy (non-hydrogen) atoms. The summed E-state index contributed by atoms with van der Waals surface area (Å²) in [6.07, 6.45) is 11.3. The van der Waals surface area contributed by atoms with Gasteiger partial charge in [-0.15, -0.1) is 0 Å². The van der Waals surface area contributed by atoms with Crippen molar-refractivity contribution in [3.8, 4) is 0 Å². The molecule has 1 aliphatic rings. The van der Waals surface area contributed by atoms with Gasteiger partial charge in [0.1, 0.15) is 0 Å². The fourth-order valence-corrected chi connectivity index (χ4v) is 7.13. The monoisotopic (exact) mass is 352 g/mol. The molecule has 0 aromatic rings. The van der Waals surface area contributed by atoms with Crippen LogP contribution in [-0.4, -0.2) is 46.3 Å². The van der Waals surface area contributed by atoms with Crippen LogP contribution in [0.25, 0.3) is 0 Å². The van der Waals surface area contributed by atoms with E-state index in [9.17, 15) is 17.7 Å². The van der Waals surface area contributed by atoms with Crippen LogP contribution in [0.2, 0.25) is 0 Å². The number of unbranched alkanes of at least 4 members (excludes halogenated alkanes) is 9. The van der Waals surface area contributed by atoms with Crippen LogP contribution in [0.4, 0.5) is 0 Å². The molecule has 0 aromatic heterocycles. The average Bonchev–Trinajstić information content (AvgIpc) is 2.74. The molecule has 3 atom stereocenters. The summed E-state index contributed by atoms with van der Waals surface area (Å²) >= 11 is 0. The van der Waals surface area contributed by atoms with Gasteiger partial charge in [-0.05, 0) is 6.42 Å². The molecule has 132 valence electrons. The fraction of sp³-hybridized carbons (Fsp3) is 1.00. The Balaban J connectivity index is 2.00. The van der Waals surface area contributed by atoms with Crippen molar-refractivity contribution in [3.63, 3.8) is 0 Å². The standard InChI is InChI=1S/C16H32O4S2/c1-2-3-4-5-6-7-8-9-10-11-12-21(18)16-14-22(19,20)13-15(16)17/h15-17H,2-14H2,1H3/t15-,16-,21+/m0/s1. The lowest BCUT2D eigenvalue weighted by Gasteiger charge is -2.12. The summed E-state index contributed by atoms with van der Waals surface area (Å²) in [5.41, 5.74) is 0. The van der Waals surface area contributed by atoms with Gasteiger partial charge in [-0.25, -0.2) is 8.42 Å². The van der Waals surface area contributed by atoms with Gasteiger partial charge >= 0.3 is 0 Å². The van der Waals surface area contributed by atoms with Gasteiger partial charge in [0, 0.05) is 16.6 Å². The smallest absolute Gasteiger partial charge is 0.154 e. The predicted octanol–water partition coefficient (Wildman–Crippen LogP) is 2.81. The van der Waals surface area contributed by atoms with Crippen molar-refractivity contribution in [2.75, 3.05) is 17.3 Å². The van der Waals surface area contributed by atoms with Gasteiger partial charge in [-0.3, -0.25) is 4.21 Å². The topological polar surface area (TPSA) is 71.4 Å². The second kappa shape index (κ2) is 10.8. The maximum atomic E-state index is 12.1. The highest BCUT2D eigenvalue weighted by Crippen LogP contribution is 2.19. The minimum Gasteiger partial charge on any atom is -0.391 e. The molecule has 1 heterocycles. The van der Waals surface area contributed by atoms with Crippen molar-refractivity contribution in [1.29, 1.82) is 0 Å². The van der Waals surface area contributed by atoms with E-state index in [4.69, 9.17) is 0 Å². The molecular formula is C16H32O4S2. The number of rotatable bonds is 12. The summed E-state index contributed by atoms with van der Waals surface area (Å²) in [6, 6.07) is 0. The van der Waals surface area contributed by atoms with Crippen molar-refractivity contribution in [1.82, 2.24) is 0 Å². The first-order valence-corrected chi connectivity index (χ1v) is 11.9. The largest absolute Gasteiger partial charge is 0.391 e. The fourth-order valence-electron chi connectivity index (χ4n) is 2.93. The van der Waals surface area contributed by atoms with Crippen molar-refractivity contribution in [3.05, 3.63) is 0 Å². The third-order valence-corrected chi connectivity index (χ3v) is 8.08. The normalized spacial score (nSPS) is 25.4. The van der Waals surface area contributed by atoms with E-state index in [-0.39, 0.29) is 11.5 Å². The number of sulfone groups is 1. The number of hydrogen-bond acceptors (Lipinski definition) is 4. The zero-order valence-electron chi connectivity index (χ0n) is 13.8. The first kappa shape index (κ1) is 20.1. The lowest BCUT2D eigenvalue weighted by atomic mass is 10.1. The summed E-state index contributed by atoms with van der Waals surface area (Å²) < 4.78 is 34.9. The average molecular weight is 353 g/mol. The summed E-state index contributed by atoms with van der Waals surface area (Å²) in [7, 11) is -4.40. The Kier molecular flexibility index (Phi) is 9.84. The van der Waals surface area contributed by atoms with Crippen LogP contribution < -0.4 is 0 Å². The van der Waals surface area contributed by atoms with Crippen LogP contribution in [-0.2, 0) is 20.6 Å². The Hall–Kier alpha value is 0.0600. The maximum absolute atomic E-state index is 12.1. The van der Waals surface area contributed by atoms with E-state index < -0.39 is 32.0 Å². The minimum absolute atomic E-state index is 0.113. The van der Waals surface area contributed by atoms with Crippen LogP contribution in [0, 0.1) is 0 Å². The summed E-state index contributed by atoms with van der Waals surface area (Å²) in [5, 5.41) is 9.12. The quantitative estimate of drug-likeness (QED) is 0.548. The molecule has 1 saturated heterocycles. The third kappa shape index (κ3) is 8.06. The van der Waals surface area contributed by atoms with Crippen LogP contribution >= 0.6 is 0 Å². The van der Waals surface area contributed by atoms with Crippen LogP contribution in [0.5, 0.6) is 0 Å². The highest BCUT2D eigenvalue weighted by molar-refractivity contribution is 7.94. The Morgan fingerprint density at radius 3 is 1.86 bits per heavy atom. The molecule has 0 amide bonds. The summed E-state index contributed by atoms with van der Waals surface area (Å²) in [6.45, 7) is 2.23. The van der Waals surface area contributed by atoms with Gasteiger partial charge < -0.3 is 5.11 Å². The van der Waals surface area contributed by atoms with E-state index in [0.29, 0.717) is 5.75 Å². The van der Waals surface area contributed by atoms with Gasteiger partial charge in [0.15, 0.2) is 9.84 Å².